The van der Waals surface area contributed by atoms with Gasteiger partial charge in [-0.3, -0.25) is 0 Å². The van der Waals surface area contributed by atoms with E-state index in [2.05, 4.69) is 107 Å². The van der Waals surface area contributed by atoms with Crippen molar-refractivity contribution in [3.8, 4) is 11.1 Å². The molecule has 6 aromatic rings. The fourth-order valence-corrected chi connectivity index (χ4v) is 5.32. The highest BCUT2D eigenvalue weighted by molar-refractivity contribution is 6.35. The molecule has 2 nitrogen and oxygen atoms in total. The lowest BCUT2D eigenvalue weighted by atomic mass is 10.0. The van der Waals surface area contributed by atoms with E-state index in [1.54, 1.807) is 0 Å². The van der Waals surface area contributed by atoms with Gasteiger partial charge in [0, 0.05) is 22.7 Å². The molecule has 0 aliphatic heterocycles. The Morgan fingerprint density at radius 2 is 0.625 bits per heavy atom. The van der Waals surface area contributed by atoms with E-state index < -0.39 is 0 Å². The molecule has 194 valence electrons. The molecule has 6 aromatic carbocycles. The number of rotatable bonds is 7. The van der Waals surface area contributed by atoms with Gasteiger partial charge in [-0.1, -0.05) is 108 Å². The number of nitrogens with zero attached hydrogens (tertiary/aromatic N) is 2. The first kappa shape index (κ1) is 25.8. The molecule has 0 atom stereocenters. The van der Waals surface area contributed by atoms with E-state index in [0.717, 1.165) is 45.3 Å². The predicted octanol–water partition coefficient (Wildman–Crippen LogP) is 11.6. The van der Waals surface area contributed by atoms with Gasteiger partial charge in [0.1, 0.15) is 0 Å². The van der Waals surface area contributed by atoms with Crippen LogP contribution in [0.1, 0.15) is 0 Å². The summed E-state index contributed by atoms with van der Waals surface area (Å²) in [5.41, 5.74) is 8.31. The van der Waals surface area contributed by atoms with Crippen LogP contribution < -0.4 is 9.80 Å². The van der Waals surface area contributed by atoms with Crippen LogP contribution in [-0.2, 0) is 0 Å². The summed E-state index contributed by atoms with van der Waals surface area (Å²) in [7, 11) is 0. The third-order valence-corrected chi connectivity index (χ3v) is 7.44. The number of halogens is 2. The maximum Gasteiger partial charge on any atom is 0.0648 e. The third kappa shape index (κ3) is 5.33. The third-order valence-electron chi connectivity index (χ3n) is 6.80. The largest absolute Gasteiger partial charge is 0.311 e. The summed E-state index contributed by atoms with van der Waals surface area (Å²) in [6, 6.07) is 53.6. The van der Waals surface area contributed by atoms with Crippen LogP contribution in [0.25, 0.3) is 11.1 Å². The van der Waals surface area contributed by atoms with Gasteiger partial charge < -0.3 is 9.80 Å². The lowest BCUT2D eigenvalue weighted by Crippen LogP contribution is -2.11. The van der Waals surface area contributed by atoms with E-state index in [9.17, 15) is 0 Å². The minimum Gasteiger partial charge on any atom is -0.311 e. The van der Waals surface area contributed by atoms with Crippen LogP contribution in [0.5, 0.6) is 0 Å². The van der Waals surface area contributed by atoms with E-state index in [4.69, 9.17) is 23.2 Å². The first-order valence-corrected chi connectivity index (χ1v) is 13.8. The van der Waals surface area contributed by atoms with Crippen LogP contribution in [0, 0.1) is 0 Å². The van der Waals surface area contributed by atoms with Crippen molar-refractivity contribution < 1.29 is 0 Å². The number of hydrogen-bond donors (Lipinski definition) is 0. The van der Waals surface area contributed by atoms with Crippen LogP contribution >= 0.6 is 23.2 Å². The molecule has 4 heteroatoms. The van der Waals surface area contributed by atoms with Crippen molar-refractivity contribution in [1.82, 2.24) is 0 Å². The standard InChI is InChI=1S/C36H26Cl2N2/c37-33-15-7-9-17-35(33)40(36-18-10-8-16-34(36)38)32-25-21-28(22-26-32)27-19-23-31(24-20-27)39(29-11-3-1-4-12-29)30-13-5-2-6-14-30/h1-26H. The second-order valence-electron chi connectivity index (χ2n) is 9.34. The van der Waals surface area contributed by atoms with Gasteiger partial charge in [0.2, 0.25) is 0 Å². The maximum absolute atomic E-state index is 6.64. The van der Waals surface area contributed by atoms with Gasteiger partial charge >= 0.3 is 0 Å². The summed E-state index contributed by atoms with van der Waals surface area (Å²) in [6.07, 6.45) is 0. The molecule has 0 unspecified atom stereocenters. The minimum absolute atomic E-state index is 0.656. The molecular weight excluding hydrogens is 531 g/mol. The molecule has 0 N–H and O–H groups in total. The van der Waals surface area contributed by atoms with Gasteiger partial charge in [-0.05, 0) is 83.9 Å². The molecule has 0 spiro atoms. The average molecular weight is 558 g/mol. The Balaban J connectivity index is 1.33. The van der Waals surface area contributed by atoms with Crippen LogP contribution in [0.15, 0.2) is 158 Å². The van der Waals surface area contributed by atoms with Crippen molar-refractivity contribution in [2.45, 2.75) is 0 Å². The van der Waals surface area contributed by atoms with E-state index >= 15 is 0 Å². The molecule has 0 amide bonds. The molecule has 0 aromatic heterocycles. The van der Waals surface area contributed by atoms with Gasteiger partial charge in [-0.25, -0.2) is 0 Å². The smallest absolute Gasteiger partial charge is 0.0648 e. The Bertz CT molecular complexity index is 1620. The van der Waals surface area contributed by atoms with E-state index in [0.29, 0.717) is 10.0 Å². The Morgan fingerprint density at radius 3 is 1.02 bits per heavy atom. The second-order valence-corrected chi connectivity index (χ2v) is 10.2. The van der Waals surface area contributed by atoms with Crippen molar-refractivity contribution in [2.24, 2.45) is 0 Å². The molecule has 0 saturated carbocycles. The van der Waals surface area contributed by atoms with Crippen molar-refractivity contribution >= 4 is 57.3 Å². The van der Waals surface area contributed by atoms with Gasteiger partial charge in [0.15, 0.2) is 0 Å². The first-order chi connectivity index (χ1) is 19.7. The molecule has 0 aliphatic carbocycles. The van der Waals surface area contributed by atoms with Crippen LogP contribution in [0.3, 0.4) is 0 Å². The Labute approximate surface area is 245 Å². The van der Waals surface area contributed by atoms with E-state index in [-0.39, 0.29) is 0 Å². The summed E-state index contributed by atoms with van der Waals surface area (Å²) in [4.78, 5) is 4.35. The fourth-order valence-electron chi connectivity index (χ4n) is 4.88. The zero-order valence-electron chi connectivity index (χ0n) is 21.7. The first-order valence-electron chi connectivity index (χ1n) is 13.1. The Kier molecular flexibility index (Phi) is 7.54. The number of para-hydroxylation sites is 4. The highest BCUT2D eigenvalue weighted by atomic mass is 35.5. The quantitative estimate of drug-likeness (QED) is 0.193. The van der Waals surface area contributed by atoms with Crippen LogP contribution in [-0.4, -0.2) is 0 Å². The number of benzene rings is 6. The molecule has 40 heavy (non-hydrogen) atoms. The number of hydrogen-bond acceptors (Lipinski definition) is 2. The van der Waals surface area contributed by atoms with Gasteiger partial charge in [0.05, 0.1) is 21.4 Å². The van der Waals surface area contributed by atoms with Gasteiger partial charge in [0.25, 0.3) is 0 Å². The summed E-state index contributed by atoms with van der Waals surface area (Å²) >= 11 is 13.3. The van der Waals surface area contributed by atoms with Crippen molar-refractivity contribution in [1.29, 1.82) is 0 Å². The molecule has 0 bridgehead atoms. The fraction of sp³-hybridized carbons (Fsp3) is 0. The zero-order chi connectivity index (χ0) is 27.3. The van der Waals surface area contributed by atoms with Crippen LogP contribution in [0.4, 0.5) is 34.1 Å². The molecule has 0 aliphatic rings. The highest BCUT2D eigenvalue weighted by Crippen LogP contribution is 2.42. The zero-order valence-corrected chi connectivity index (χ0v) is 23.2. The summed E-state index contributed by atoms with van der Waals surface area (Å²) in [6.45, 7) is 0. The Hall–Kier alpha value is -4.50. The molecule has 0 saturated heterocycles. The summed E-state index contributed by atoms with van der Waals surface area (Å²) < 4.78 is 0. The highest BCUT2D eigenvalue weighted by Gasteiger charge is 2.18. The maximum atomic E-state index is 6.64. The SMILES string of the molecule is Clc1ccccc1N(c1ccc(-c2ccc(N(c3ccccc3)c3ccccc3)cc2)cc1)c1ccccc1Cl. The van der Waals surface area contributed by atoms with Gasteiger partial charge in [-0.2, -0.15) is 0 Å². The van der Waals surface area contributed by atoms with Gasteiger partial charge in [-0.15, -0.1) is 0 Å². The molecule has 0 heterocycles. The van der Waals surface area contributed by atoms with Crippen molar-refractivity contribution in [3.63, 3.8) is 0 Å². The lowest BCUT2D eigenvalue weighted by Gasteiger charge is -2.27. The molecule has 0 radical (unpaired) electrons. The monoisotopic (exact) mass is 556 g/mol. The Morgan fingerprint density at radius 1 is 0.300 bits per heavy atom. The van der Waals surface area contributed by atoms with E-state index in [1.165, 1.54) is 0 Å². The molecule has 0 fully saturated rings. The summed E-state index contributed by atoms with van der Waals surface area (Å²) in [5.74, 6) is 0. The van der Waals surface area contributed by atoms with Crippen molar-refractivity contribution in [3.05, 3.63) is 168 Å². The summed E-state index contributed by atoms with van der Waals surface area (Å²) in [5, 5.41) is 1.31. The second kappa shape index (κ2) is 11.7. The van der Waals surface area contributed by atoms with E-state index in [1.807, 2.05) is 60.7 Å². The normalized spacial score (nSPS) is 10.8. The lowest BCUT2D eigenvalue weighted by molar-refractivity contribution is 1.28. The predicted molar refractivity (Wildman–Crippen MR) is 171 cm³/mol. The topological polar surface area (TPSA) is 6.48 Å². The number of anilines is 6. The molecule has 6 rings (SSSR count). The minimum atomic E-state index is 0.656. The average Bonchev–Trinajstić information content (AvgIpc) is 3.01. The van der Waals surface area contributed by atoms with Crippen LogP contribution in [0.2, 0.25) is 10.0 Å². The van der Waals surface area contributed by atoms with Crippen molar-refractivity contribution in [2.75, 3.05) is 9.80 Å². The molecular formula is C36H26Cl2N2.